The van der Waals surface area contributed by atoms with Crippen molar-refractivity contribution in [2.75, 3.05) is 13.2 Å². The molecule has 1 amide bonds. The monoisotopic (exact) mass is 1090 g/mol. The van der Waals surface area contributed by atoms with Gasteiger partial charge in [0.1, 0.15) is 0 Å². The number of carbonyl (C=O) groups is 2. The number of aliphatic hydroxyl groups is 2. The van der Waals surface area contributed by atoms with E-state index in [9.17, 15) is 19.8 Å². The van der Waals surface area contributed by atoms with E-state index in [0.29, 0.717) is 19.4 Å². The summed E-state index contributed by atoms with van der Waals surface area (Å²) >= 11 is 0. The molecule has 6 nitrogen and oxygen atoms in total. The lowest BCUT2D eigenvalue weighted by Crippen LogP contribution is -2.45. The Bertz CT molecular complexity index is 1160. The van der Waals surface area contributed by atoms with Gasteiger partial charge in [-0.25, -0.2) is 0 Å². The van der Waals surface area contributed by atoms with Crippen molar-refractivity contribution >= 4 is 11.9 Å². The van der Waals surface area contributed by atoms with E-state index >= 15 is 0 Å². The van der Waals surface area contributed by atoms with Crippen molar-refractivity contribution in [3.63, 3.8) is 0 Å². The number of amides is 1. The average molecular weight is 1090 g/mol. The number of aliphatic hydroxyl groups excluding tert-OH is 2. The Morgan fingerprint density at radius 3 is 0.883 bits per heavy atom. The van der Waals surface area contributed by atoms with Crippen LogP contribution in [0.2, 0.25) is 0 Å². The topological polar surface area (TPSA) is 95.9 Å². The maximum atomic E-state index is 12.5. The highest BCUT2D eigenvalue weighted by Gasteiger charge is 2.18. The van der Waals surface area contributed by atoms with Crippen molar-refractivity contribution in [2.45, 2.75) is 418 Å². The number of hydrogen-bond acceptors (Lipinski definition) is 5. The molecule has 0 fully saturated rings. The molecule has 0 spiro atoms. The van der Waals surface area contributed by atoms with Crippen LogP contribution in [0, 0.1) is 0 Å². The van der Waals surface area contributed by atoms with Gasteiger partial charge < -0.3 is 20.3 Å². The second-order valence-electron chi connectivity index (χ2n) is 24.6. The van der Waals surface area contributed by atoms with Gasteiger partial charge in [-0.1, -0.05) is 373 Å². The zero-order valence-corrected chi connectivity index (χ0v) is 52.5. The fraction of sp³-hybridized carbons (Fsp3) is 0.944. The molecule has 6 heteroatoms. The SMILES string of the molecule is CCCCCCCCCCCCCCCCCCC/C=C/C(O)C(CO)NC(=O)CCCCCCCCCCCCCCCCCCCCCCCCCCCOC(=O)CCCCCCCCCCCCCCCCCC. The Labute approximate surface area is 482 Å². The molecule has 0 aromatic heterocycles. The predicted molar refractivity (Wildman–Crippen MR) is 338 cm³/mol. The molecule has 0 aliphatic rings. The summed E-state index contributed by atoms with van der Waals surface area (Å²) in [5.41, 5.74) is 0. The van der Waals surface area contributed by atoms with Crippen molar-refractivity contribution in [3.8, 4) is 0 Å². The van der Waals surface area contributed by atoms with Crippen LogP contribution in [-0.4, -0.2) is 47.4 Å². The second-order valence-corrected chi connectivity index (χ2v) is 24.6. The van der Waals surface area contributed by atoms with Crippen molar-refractivity contribution in [1.82, 2.24) is 5.32 Å². The summed E-state index contributed by atoms with van der Waals surface area (Å²) in [5.74, 6) is -0.0415. The zero-order valence-electron chi connectivity index (χ0n) is 52.5. The number of unbranched alkanes of at least 4 members (excludes halogenated alkanes) is 56. The Kier molecular flexibility index (Phi) is 65.9. The van der Waals surface area contributed by atoms with E-state index in [-0.39, 0.29) is 18.5 Å². The van der Waals surface area contributed by atoms with Gasteiger partial charge in [-0.2, -0.15) is 0 Å². The van der Waals surface area contributed by atoms with E-state index in [1.165, 1.54) is 340 Å². The van der Waals surface area contributed by atoms with Crippen LogP contribution in [0.15, 0.2) is 12.2 Å². The number of hydrogen-bond donors (Lipinski definition) is 3. The summed E-state index contributed by atoms with van der Waals surface area (Å²) in [6, 6.07) is -0.626. The lowest BCUT2D eigenvalue weighted by atomic mass is 10.0. The van der Waals surface area contributed by atoms with E-state index in [2.05, 4.69) is 19.2 Å². The second kappa shape index (κ2) is 67.1. The van der Waals surface area contributed by atoms with Gasteiger partial charge in [0.25, 0.3) is 0 Å². The minimum absolute atomic E-state index is 0.0205. The summed E-state index contributed by atoms with van der Waals surface area (Å²) in [7, 11) is 0. The van der Waals surface area contributed by atoms with Crippen LogP contribution in [0.4, 0.5) is 0 Å². The van der Waals surface area contributed by atoms with Crippen LogP contribution >= 0.6 is 0 Å². The fourth-order valence-electron chi connectivity index (χ4n) is 11.4. The number of ether oxygens (including phenoxy) is 1. The van der Waals surface area contributed by atoms with Gasteiger partial charge in [-0.3, -0.25) is 9.59 Å². The summed E-state index contributed by atoms with van der Waals surface area (Å²) in [6.45, 7) is 4.95. The highest BCUT2D eigenvalue weighted by Crippen LogP contribution is 2.19. The molecular formula is C71H139NO5. The number of esters is 1. The molecule has 0 rings (SSSR count). The minimum Gasteiger partial charge on any atom is -0.466 e. The van der Waals surface area contributed by atoms with Gasteiger partial charge in [-0.05, 0) is 32.1 Å². The highest BCUT2D eigenvalue weighted by molar-refractivity contribution is 5.76. The first-order chi connectivity index (χ1) is 38.0. The normalized spacial score (nSPS) is 12.5. The van der Waals surface area contributed by atoms with Crippen molar-refractivity contribution in [1.29, 1.82) is 0 Å². The van der Waals surface area contributed by atoms with Gasteiger partial charge in [0.2, 0.25) is 5.91 Å². The lowest BCUT2D eigenvalue weighted by Gasteiger charge is -2.20. The molecule has 0 saturated carbocycles. The van der Waals surface area contributed by atoms with Gasteiger partial charge in [0.15, 0.2) is 0 Å². The molecule has 77 heavy (non-hydrogen) atoms. The average Bonchev–Trinajstić information content (AvgIpc) is 3.43. The Hall–Kier alpha value is -1.40. The van der Waals surface area contributed by atoms with Gasteiger partial charge in [-0.15, -0.1) is 0 Å². The van der Waals surface area contributed by atoms with Crippen LogP contribution in [0.25, 0.3) is 0 Å². The molecule has 3 N–H and O–H groups in total. The first-order valence-corrected chi connectivity index (χ1v) is 35.5. The predicted octanol–water partition coefficient (Wildman–Crippen LogP) is 22.8. The molecule has 2 unspecified atom stereocenters. The first-order valence-electron chi connectivity index (χ1n) is 35.5. The first kappa shape index (κ1) is 75.6. The standard InChI is InChI=1S/C71H139NO5/c1-3-5-7-9-11-13-15-17-19-21-29-32-35-39-43-47-51-55-59-63-69(74)68(67-73)72-70(75)64-60-56-52-48-44-40-36-33-30-27-25-23-22-24-26-28-31-34-38-42-46-50-54-58-62-66-77-71(76)65-61-57-53-49-45-41-37-20-18-16-14-12-10-8-6-4-2/h59,63,68-69,73-74H,3-58,60-62,64-67H2,1-2H3,(H,72,75)/b63-59+. The van der Waals surface area contributed by atoms with Gasteiger partial charge >= 0.3 is 5.97 Å². The number of rotatable bonds is 67. The van der Waals surface area contributed by atoms with Crippen LogP contribution in [0.1, 0.15) is 406 Å². The van der Waals surface area contributed by atoms with Crippen LogP contribution in [-0.2, 0) is 14.3 Å². The van der Waals surface area contributed by atoms with E-state index in [0.717, 1.165) is 38.5 Å². The quantitative estimate of drug-likeness (QED) is 0.0320. The molecule has 0 aliphatic heterocycles. The van der Waals surface area contributed by atoms with Crippen LogP contribution in [0.5, 0.6) is 0 Å². The zero-order chi connectivity index (χ0) is 55.7. The maximum absolute atomic E-state index is 12.5. The third-order valence-electron chi connectivity index (χ3n) is 16.8. The fourth-order valence-corrected chi connectivity index (χ4v) is 11.4. The number of allylic oxidation sites excluding steroid dienone is 1. The van der Waals surface area contributed by atoms with Gasteiger partial charge in [0.05, 0.1) is 25.4 Å². The molecule has 0 aliphatic carbocycles. The highest BCUT2D eigenvalue weighted by atomic mass is 16.5. The minimum atomic E-state index is -0.843. The molecule has 458 valence electrons. The summed E-state index contributed by atoms with van der Waals surface area (Å²) in [6.07, 6.45) is 82.9. The third-order valence-corrected chi connectivity index (χ3v) is 16.8. The Morgan fingerprint density at radius 2 is 0.597 bits per heavy atom. The number of carbonyl (C=O) groups excluding carboxylic acids is 2. The van der Waals surface area contributed by atoms with Crippen LogP contribution < -0.4 is 5.32 Å². The van der Waals surface area contributed by atoms with Crippen molar-refractivity contribution in [3.05, 3.63) is 12.2 Å². The van der Waals surface area contributed by atoms with E-state index in [4.69, 9.17) is 4.74 Å². The molecule has 2 atom stereocenters. The smallest absolute Gasteiger partial charge is 0.305 e. The van der Waals surface area contributed by atoms with Gasteiger partial charge in [0, 0.05) is 12.8 Å². The molecule has 0 radical (unpaired) electrons. The maximum Gasteiger partial charge on any atom is 0.305 e. The molecule has 0 aromatic rings. The Morgan fingerprint density at radius 1 is 0.351 bits per heavy atom. The molecule has 0 saturated heterocycles. The number of nitrogens with one attached hydrogen (secondary N) is 1. The lowest BCUT2D eigenvalue weighted by molar-refractivity contribution is -0.143. The molecule has 0 heterocycles. The van der Waals surface area contributed by atoms with Crippen LogP contribution in [0.3, 0.4) is 0 Å². The Balaban J connectivity index is 3.37. The van der Waals surface area contributed by atoms with Crippen molar-refractivity contribution < 1.29 is 24.5 Å². The summed E-state index contributed by atoms with van der Waals surface area (Å²) in [5, 5.41) is 23.2. The van der Waals surface area contributed by atoms with Crippen molar-refractivity contribution in [2.24, 2.45) is 0 Å². The molecular weight excluding hydrogens is 947 g/mol. The van der Waals surface area contributed by atoms with E-state index in [1.54, 1.807) is 6.08 Å². The van der Waals surface area contributed by atoms with E-state index < -0.39 is 12.1 Å². The van der Waals surface area contributed by atoms with E-state index in [1.807, 2.05) is 6.08 Å². The summed E-state index contributed by atoms with van der Waals surface area (Å²) in [4.78, 5) is 24.6. The molecule has 0 bridgehead atoms. The largest absolute Gasteiger partial charge is 0.466 e. The summed E-state index contributed by atoms with van der Waals surface area (Å²) < 4.78 is 5.50. The molecule has 0 aromatic carbocycles. The third kappa shape index (κ3) is 63.6.